The van der Waals surface area contributed by atoms with Crippen molar-refractivity contribution in [2.75, 3.05) is 6.54 Å². The van der Waals surface area contributed by atoms with Crippen LogP contribution < -0.4 is 5.73 Å². The van der Waals surface area contributed by atoms with Gasteiger partial charge in [-0.05, 0) is 23.6 Å². The molecule has 0 amide bonds. The van der Waals surface area contributed by atoms with E-state index >= 15 is 0 Å². The molecule has 1 aliphatic rings. The molecule has 0 atom stereocenters. The van der Waals surface area contributed by atoms with Crippen molar-refractivity contribution in [3.63, 3.8) is 0 Å². The summed E-state index contributed by atoms with van der Waals surface area (Å²) in [6, 6.07) is 14.4. The van der Waals surface area contributed by atoms with E-state index in [1.165, 1.54) is 18.2 Å². The molecule has 2 N–H and O–H groups in total. The predicted octanol–water partition coefficient (Wildman–Crippen LogP) is 4.08. The Labute approximate surface area is 141 Å². The van der Waals surface area contributed by atoms with E-state index in [1.807, 2.05) is 24.3 Å². The smallest absolute Gasteiger partial charge is 0.234 e. The molecule has 3 aromatic rings. The summed E-state index contributed by atoms with van der Waals surface area (Å²) < 4.78 is 5.61. The van der Waals surface area contributed by atoms with Crippen molar-refractivity contribution in [2.45, 2.75) is 31.1 Å². The molecule has 1 aromatic heterocycles. The quantitative estimate of drug-likeness (QED) is 0.786. The summed E-state index contributed by atoms with van der Waals surface area (Å²) in [6.45, 7) is 0.574. The molecule has 0 saturated heterocycles. The highest BCUT2D eigenvalue weighted by Crippen LogP contribution is 2.40. The van der Waals surface area contributed by atoms with E-state index in [0.717, 1.165) is 23.8 Å². The number of nitrogens with zero attached hydrogens (tertiary/aromatic N) is 2. The minimum atomic E-state index is -0.115. The first-order chi connectivity index (χ1) is 10.8. The van der Waals surface area contributed by atoms with Crippen LogP contribution in [-0.2, 0) is 5.41 Å². The topological polar surface area (TPSA) is 64.9 Å². The zero-order valence-electron chi connectivity index (χ0n) is 12.9. The predicted molar refractivity (Wildman–Crippen MR) is 93.7 cm³/mol. The van der Waals surface area contributed by atoms with Crippen LogP contribution in [0.25, 0.3) is 22.2 Å². The molecule has 0 spiro atoms. The molecule has 0 bridgehead atoms. The Morgan fingerprint density at radius 3 is 2.57 bits per heavy atom. The second-order valence-electron chi connectivity index (χ2n) is 6.14. The Balaban J connectivity index is 0.00000156. The van der Waals surface area contributed by atoms with E-state index in [0.29, 0.717) is 18.3 Å². The number of halogens is 1. The minimum absolute atomic E-state index is 0. The van der Waals surface area contributed by atoms with Gasteiger partial charge in [-0.15, -0.1) is 12.4 Å². The van der Waals surface area contributed by atoms with Gasteiger partial charge in [-0.3, -0.25) is 0 Å². The number of benzene rings is 2. The van der Waals surface area contributed by atoms with E-state index < -0.39 is 0 Å². The summed E-state index contributed by atoms with van der Waals surface area (Å²) in [4.78, 5) is 4.70. The first-order valence-electron chi connectivity index (χ1n) is 7.85. The fourth-order valence-electron chi connectivity index (χ4n) is 3.53. The van der Waals surface area contributed by atoms with Crippen LogP contribution in [-0.4, -0.2) is 16.7 Å². The molecular formula is C18H20ClN3O. The van der Waals surface area contributed by atoms with E-state index in [1.54, 1.807) is 0 Å². The highest BCUT2D eigenvalue weighted by Gasteiger charge is 2.39. The Kier molecular flexibility index (Phi) is 4.37. The molecule has 23 heavy (non-hydrogen) atoms. The normalized spacial score (nSPS) is 16.4. The van der Waals surface area contributed by atoms with Crippen molar-refractivity contribution in [2.24, 2.45) is 5.73 Å². The first-order valence-corrected chi connectivity index (χ1v) is 7.85. The van der Waals surface area contributed by atoms with E-state index in [-0.39, 0.29) is 17.8 Å². The number of hydrogen-bond acceptors (Lipinski definition) is 4. The van der Waals surface area contributed by atoms with Gasteiger partial charge in [0.05, 0.1) is 5.41 Å². The summed E-state index contributed by atoms with van der Waals surface area (Å²) in [7, 11) is 0. The molecule has 1 aliphatic carbocycles. The van der Waals surface area contributed by atoms with Crippen molar-refractivity contribution >= 4 is 23.2 Å². The number of hydrogen-bond donors (Lipinski definition) is 1. The maximum absolute atomic E-state index is 6.01. The summed E-state index contributed by atoms with van der Waals surface area (Å²) in [6.07, 6.45) is 4.45. The van der Waals surface area contributed by atoms with Crippen molar-refractivity contribution in [3.05, 3.63) is 48.4 Å². The van der Waals surface area contributed by atoms with Crippen molar-refractivity contribution in [1.29, 1.82) is 0 Å². The van der Waals surface area contributed by atoms with Gasteiger partial charge in [0.1, 0.15) is 0 Å². The molecule has 120 valence electrons. The lowest BCUT2D eigenvalue weighted by atomic mass is 9.86. The number of aromatic nitrogens is 2. The highest BCUT2D eigenvalue weighted by molar-refractivity contribution is 5.94. The van der Waals surface area contributed by atoms with Crippen molar-refractivity contribution < 1.29 is 4.52 Å². The Morgan fingerprint density at radius 2 is 1.78 bits per heavy atom. The highest BCUT2D eigenvalue weighted by atomic mass is 35.5. The summed E-state index contributed by atoms with van der Waals surface area (Å²) in [5.41, 5.74) is 6.91. The largest absolute Gasteiger partial charge is 0.338 e. The Bertz CT molecular complexity index is 803. The Hall–Kier alpha value is -1.91. The number of fused-ring (bicyclic) bond motifs is 1. The van der Waals surface area contributed by atoms with Gasteiger partial charge in [0.25, 0.3) is 0 Å². The minimum Gasteiger partial charge on any atom is -0.338 e. The van der Waals surface area contributed by atoms with Gasteiger partial charge in [0.15, 0.2) is 0 Å². The van der Waals surface area contributed by atoms with E-state index in [4.69, 9.17) is 15.2 Å². The van der Waals surface area contributed by atoms with E-state index in [9.17, 15) is 0 Å². The summed E-state index contributed by atoms with van der Waals surface area (Å²) in [5.74, 6) is 1.36. The fraction of sp³-hybridized carbons (Fsp3) is 0.333. The molecule has 1 fully saturated rings. The van der Waals surface area contributed by atoms with Gasteiger partial charge >= 0.3 is 0 Å². The average Bonchev–Trinajstić information content (AvgIpc) is 3.24. The second-order valence-corrected chi connectivity index (χ2v) is 6.14. The van der Waals surface area contributed by atoms with Crippen LogP contribution in [0.15, 0.2) is 47.0 Å². The molecule has 0 unspecified atom stereocenters. The van der Waals surface area contributed by atoms with Crippen LogP contribution in [0.4, 0.5) is 0 Å². The third kappa shape index (κ3) is 2.62. The van der Waals surface area contributed by atoms with Gasteiger partial charge in [0.2, 0.25) is 11.7 Å². The lowest BCUT2D eigenvalue weighted by Gasteiger charge is -2.21. The van der Waals surface area contributed by atoms with Crippen LogP contribution >= 0.6 is 12.4 Å². The third-order valence-corrected chi connectivity index (χ3v) is 4.86. The van der Waals surface area contributed by atoms with Gasteiger partial charge in [-0.1, -0.05) is 60.5 Å². The lowest BCUT2D eigenvalue weighted by Crippen LogP contribution is -2.32. The van der Waals surface area contributed by atoms with Crippen molar-refractivity contribution in [3.8, 4) is 11.4 Å². The SMILES string of the molecule is Cl.NCC1(c2nc(-c3cccc4ccccc34)no2)CCCC1. The van der Waals surface area contributed by atoms with Crippen LogP contribution in [0.1, 0.15) is 31.6 Å². The third-order valence-electron chi connectivity index (χ3n) is 4.86. The average molecular weight is 330 g/mol. The molecule has 1 heterocycles. The number of nitrogens with two attached hydrogens (primary N) is 1. The molecule has 0 aliphatic heterocycles. The maximum atomic E-state index is 6.01. The molecule has 5 heteroatoms. The number of rotatable bonds is 3. The fourth-order valence-corrected chi connectivity index (χ4v) is 3.53. The van der Waals surface area contributed by atoms with Gasteiger partial charge in [-0.25, -0.2) is 0 Å². The van der Waals surface area contributed by atoms with Crippen molar-refractivity contribution in [1.82, 2.24) is 10.1 Å². The standard InChI is InChI=1S/C18H19N3O.ClH/c19-12-18(10-3-4-11-18)17-20-16(21-22-17)15-9-5-7-13-6-1-2-8-14(13)15;/h1-2,5-9H,3-4,10-12,19H2;1H. The van der Waals surface area contributed by atoms with Gasteiger partial charge in [0, 0.05) is 12.1 Å². The van der Waals surface area contributed by atoms with Gasteiger partial charge < -0.3 is 10.3 Å². The van der Waals surface area contributed by atoms with Gasteiger partial charge in [-0.2, -0.15) is 4.98 Å². The molecular weight excluding hydrogens is 310 g/mol. The zero-order valence-corrected chi connectivity index (χ0v) is 13.7. The molecule has 4 nitrogen and oxygen atoms in total. The summed E-state index contributed by atoms with van der Waals surface area (Å²) in [5, 5.41) is 6.56. The maximum Gasteiger partial charge on any atom is 0.234 e. The molecule has 2 aromatic carbocycles. The monoisotopic (exact) mass is 329 g/mol. The van der Waals surface area contributed by atoms with Crippen LogP contribution in [0, 0.1) is 0 Å². The zero-order chi connectivity index (χ0) is 15.0. The second kappa shape index (κ2) is 6.30. The molecule has 1 saturated carbocycles. The molecule has 4 rings (SSSR count). The molecule has 0 radical (unpaired) electrons. The first kappa shape index (κ1) is 16.0. The van der Waals surface area contributed by atoms with Crippen LogP contribution in [0.5, 0.6) is 0 Å². The van der Waals surface area contributed by atoms with Crippen LogP contribution in [0.2, 0.25) is 0 Å². The Morgan fingerprint density at radius 1 is 1.04 bits per heavy atom. The van der Waals surface area contributed by atoms with E-state index in [2.05, 4.69) is 23.4 Å². The lowest BCUT2D eigenvalue weighted by molar-refractivity contribution is 0.284. The van der Waals surface area contributed by atoms with Crippen LogP contribution in [0.3, 0.4) is 0 Å². The summed E-state index contributed by atoms with van der Waals surface area (Å²) >= 11 is 0.